The monoisotopic (exact) mass is 334 g/mol. The van der Waals surface area contributed by atoms with E-state index in [9.17, 15) is 0 Å². The normalized spacial score (nSPS) is 13.8. The maximum Gasteiger partial charge on any atom is 0.144 e. The van der Waals surface area contributed by atoms with Crippen molar-refractivity contribution in [1.29, 1.82) is 0 Å². The summed E-state index contributed by atoms with van der Waals surface area (Å²) in [6, 6.07) is 16.4. The zero-order chi connectivity index (χ0) is 17.2. The summed E-state index contributed by atoms with van der Waals surface area (Å²) in [6.45, 7) is 0.174. The van der Waals surface area contributed by atoms with E-state index in [2.05, 4.69) is 47.2 Å². The van der Waals surface area contributed by atoms with Crippen LogP contribution in [0.15, 0.2) is 54.7 Å². The molecule has 1 fully saturated rings. The minimum atomic E-state index is 0.174. The molecule has 4 nitrogen and oxygen atoms in total. The first-order chi connectivity index (χ1) is 12.3. The molecule has 0 unspecified atom stereocenters. The van der Waals surface area contributed by atoms with Crippen molar-refractivity contribution in [3.05, 3.63) is 66.0 Å². The average Bonchev–Trinajstić information content (AvgIpc) is 3.42. The fraction of sp³-hybridized carbons (Fsp3) is 0.286. The molecular weight excluding hydrogens is 312 g/mol. The molecule has 0 saturated heterocycles. The maximum absolute atomic E-state index is 9.09. The lowest BCUT2D eigenvalue weighted by molar-refractivity contribution is 0.299. The van der Waals surface area contributed by atoms with Gasteiger partial charge >= 0.3 is 0 Å². The van der Waals surface area contributed by atoms with Crippen LogP contribution in [0.4, 0.5) is 0 Å². The van der Waals surface area contributed by atoms with Crippen LogP contribution < -0.4 is 4.74 Å². The van der Waals surface area contributed by atoms with Gasteiger partial charge < -0.3 is 9.84 Å². The van der Waals surface area contributed by atoms with Crippen LogP contribution in [0.25, 0.3) is 17.1 Å². The molecule has 2 aromatic carbocycles. The highest BCUT2D eigenvalue weighted by molar-refractivity contribution is 5.61. The highest BCUT2D eigenvalue weighted by Crippen LogP contribution is 2.41. The lowest BCUT2D eigenvalue weighted by Gasteiger charge is -2.09. The largest absolute Gasteiger partial charge is 0.497 e. The predicted octanol–water partition coefficient (Wildman–Crippen LogP) is 3.96. The summed E-state index contributed by atoms with van der Waals surface area (Å²) in [5.74, 6) is 2.41. The van der Waals surface area contributed by atoms with Crippen LogP contribution in [0, 0.1) is 0 Å². The second-order valence-corrected chi connectivity index (χ2v) is 6.50. The molecule has 1 N–H and O–H groups in total. The van der Waals surface area contributed by atoms with Gasteiger partial charge in [-0.2, -0.15) is 0 Å². The number of rotatable bonds is 6. The quantitative estimate of drug-likeness (QED) is 0.742. The first-order valence-corrected chi connectivity index (χ1v) is 8.72. The molecule has 4 heteroatoms. The zero-order valence-corrected chi connectivity index (χ0v) is 14.4. The van der Waals surface area contributed by atoms with Crippen molar-refractivity contribution >= 4 is 0 Å². The molecular formula is C21H22N2O2. The van der Waals surface area contributed by atoms with Crippen molar-refractivity contribution in [2.45, 2.75) is 25.2 Å². The van der Waals surface area contributed by atoms with Crippen molar-refractivity contribution in [1.82, 2.24) is 9.55 Å². The summed E-state index contributed by atoms with van der Waals surface area (Å²) in [5, 5.41) is 9.09. The van der Waals surface area contributed by atoms with E-state index in [4.69, 9.17) is 14.8 Å². The van der Waals surface area contributed by atoms with E-state index in [0.29, 0.717) is 12.3 Å². The second-order valence-electron chi connectivity index (χ2n) is 6.50. The van der Waals surface area contributed by atoms with Gasteiger partial charge in [0.05, 0.1) is 12.8 Å². The average molecular weight is 334 g/mol. The van der Waals surface area contributed by atoms with Gasteiger partial charge in [0, 0.05) is 30.0 Å². The number of hydrogen-bond donors (Lipinski definition) is 1. The van der Waals surface area contributed by atoms with Gasteiger partial charge in [-0.3, -0.25) is 4.57 Å². The van der Waals surface area contributed by atoms with Gasteiger partial charge in [0.1, 0.15) is 11.6 Å². The summed E-state index contributed by atoms with van der Waals surface area (Å²) in [5.41, 5.74) is 4.48. The van der Waals surface area contributed by atoms with Crippen molar-refractivity contribution in [2.75, 3.05) is 13.7 Å². The fourth-order valence-corrected chi connectivity index (χ4v) is 3.07. The van der Waals surface area contributed by atoms with Crippen LogP contribution in [0.2, 0.25) is 0 Å². The number of aliphatic hydroxyl groups is 1. The Hall–Kier alpha value is -2.59. The number of methoxy groups -OCH3 is 1. The molecule has 1 aliphatic carbocycles. The lowest BCUT2D eigenvalue weighted by Crippen LogP contribution is -1.97. The Morgan fingerprint density at radius 1 is 1.08 bits per heavy atom. The van der Waals surface area contributed by atoms with Crippen LogP contribution in [-0.4, -0.2) is 28.4 Å². The standard InChI is InChI=1S/C21H22N2O2/c1-25-19-10-6-17(7-11-19)21-22-20(16-4-5-16)14-23(21)18-8-2-15(3-9-18)12-13-24/h2-3,6-11,14,16,24H,4-5,12-13H2,1H3. The number of aliphatic hydroxyl groups excluding tert-OH is 1. The molecule has 3 aromatic rings. The van der Waals surface area contributed by atoms with Crippen LogP contribution >= 0.6 is 0 Å². The van der Waals surface area contributed by atoms with E-state index in [1.807, 2.05) is 12.1 Å². The number of imidazole rings is 1. The summed E-state index contributed by atoms with van der Waals surface area (Å²) >= 11 is 0. The Morgan fingerprint density at radius 2 is 1.80 bits per heavy atom. The molecule has 1 aliphatic rings. The highest BCUT2D eigenvalue weighted by atomic mass is 16.5. The Morgan fingerprint density at radius 3 is 2.40 bits per heavy atom. The third kappa shape index (κ3) is 3.30. The molecule has 1 aromatic heterocycles. The maximum atomic E-state index is 9.09. The number of ether oxygens (including phenoxy) is 1. The zero-order valence-electron chi connectivity index (χ0n) is 14.4. The molecule has 0 atom stereocenters. The van der Waals surface area contributed by atoms with Gasteiger partial charge in [0.2, 0.25) is 0 Å². The Balaban J connectivity index is 1.74. The smallest absolute Gasteiger partial charge is 0.144 e. The SMILES string of the molecule is COc1ccc(-c2nc(C3CC3)cn2-c2ccc(CCO)cc2)cc1. The summed E-state index contributed by atoms with van der Waals surface area (Å²) in [4.78, 5) is 4.92. The molecule has 25 heavy (non-hydrogen) atoms. The van der Waals surface area contributed by atoms with Crippen molar-refractivity contribution in [3.63, 3.8) is 0 Å². The first-order valence-electron chi connectivity index (χ1n) is 8.72. The first kappa shape index (κ1) is 15.9. The summed E-state index contributed by atoms with van der Waals surface area (Å²) in [7, 11) is 1.68. The van der Waals surface area contributed by atoms with E-state index < -0.39 is 0 Å². The Kier molecular flexibility index (Phi) is 4.28. The van der Waals surface area contributed by atoms with E-state index in [1.165, 1.54) is 18.5 Å². The van der Waals surface area contributed by atoms with Crippen molar-refractivity contribution in [2.24, 2.45) is 0 Å². The minimum Gasteiger partial charge on any atom is -0.497 e. The van der Waals surface area contributed by atoms with Crippen LogP contribution in [0.3, 0.4) is 0 Å². The Labute approximate surface area is 147 Å². The van der Waals surface area contributed by atoms with Crippen LogP contribution in [0.5, 0.6) is 5.75 Å². The highest BCUT2D eigenvalue weighted by Gasteiger charge is 2.27. The van der Waals surface area contributed by atoms with Gasteiger partial charge in [0.15, 0.2) is 0 Å². The van der Waals surface area contributed by atoms with Crippen molar-refractivity contribution < 1.29 is 9.84 Å². The topological polar surface area (TPSA) is 47.3 Å². The molecule has 0 bridgehead atoms. The number of benzene rings is 2. The number of aromatic nitrogens is 2. The van der Waals surface area contributed by atoms with Gasteiger partial charge in [0.25, 0.3) is 0 Å². The Bertz CT molecular complexity index is 847. The van der Waals surface area contributed by atoms with E-state index >= 15 is 0 Å². The second kappa shape index (κ2) is 6.73. The molecule has 0 aliphatic heterocycles. The molecule has 1 saturated carbocycles. The third-order valence-corrected chi connectivity index (χ3v) is 4.68. The van der Waals surface area contributed by atoms with Gasteiger partial charge in [-0.25, -0.2) is 4.98 Å². The van der Waals surface area contributed by atoms with Gasteiger partial charge in [-0.05, 0) is 61.2 Å². The molecule has 128 valence electrons. The van der Waals surface area contributed by atoms with Crippen LogP contribution in [0.1, 0.15) is 30.0 Å². The molecule has 0 spiro atoms. The molecule has 1 heterocycles. The summed E-state index contributed by atoms with van der Waals surface area (Å²) in [6.07, 6.45) is 5.31. The van der Waals surface area contributed by atoms with E-state index in [0.717, 1.165) is 28.4 Å². The molecule has 4 rings (SSSR count). The molecule has 0 amide bonds. The number of hydrogen-bond acceptors (Lipinski definition) is 3. The van der Waals surface area contributed by atoms with Gasteiger partial charge in [-0.1, -0.05) is 12.1 Å². The number of nitrogens with zero attached hydrogens (tertiary/aromatic N) is 2. The lowest BCUT2D eigenvalue weighted by atomic mass is 10.1. The predicted molar refractivity (Wildman–Crippen MR) is 98.3 cm³/mol. The third-order valence-electron chi connectivity index (χ3n) is 4.68. The van der Waals surface area contributed by atoms with Crippen LogP contribution in [-0.2, 0) is 6.42 Å². The van der Waals surface area contributed by atoms with E-state index in [-0.39, 0.29) is 6.61 Å². The van der Waals surface area contributed by atoms with Crippen molar-refractivity contribution in [3.8, 4) is 22.8 Å². The summed E-state index contributed by atoms with van der Waals surface area (Å²) < 4.78 is 7.43. The minimum absolute atomic E-state index is 0.174. The molecule has 0 radical (unpaired) electrons. The van der Waals surface area contributed by atoms with Gasteiger partial charge in [-0.15, -0.1) is 0 Å². The van der Waals surface area contributed by atoms with E-state index in [1.54, 1.807) is 7.11 Å². The fourth-order valence-electron chi connectivity index (χ4n) is 3.07.